The molecule has 0 bridgehead atoms. The smallest absolute Gasteiger partial charge is 0.228 e. The molecule has 1 aliphatic rings. The van der Waals surface area contributed by atoms with E-state index < -0.39 is 0 Å². The summed E-state index contributed by atoms with van der Waals surface area (Å²) in [6.45, 7) is 2.67. The number of hydrogen-bond donors (Lipinski definition) is 1. The van der Waals surface area contributed by atoms with Crippen molar-refractivity contribution in [2.45, 2.75) is 19.4 Å². The number of anilines is 1. The maximum absolute atomic E-state index is 11.7. The van der Waals surface area contributed by atoms with Crippen LogP contribution in [-0.4, -0.2) is 18.5 Å². The summed E-state index contributed by atoms with van der Waals surface area (Å²) in [6, 6.07) is 6.10. The molecule has 1 atom stereocenters. The van der Waals surface area contributed by atoms with Crippen LogP contribution < -0.4 is 10.6 Å². The van der Waals surface area contributed by atoms with E-state index in [0.29, 0.717) is 13.0 Å². The second-order valence-electron chi connectivity index (χ2n) is 3.92. The Morgan fingerprint density at radius 3 is 2.87 bits per heavy atom. The van der Waals surface area contributed by atoms with Crippen molar-refractivity contribution in [1.82, 2.24) is 0 Å². The van der Waals surface area contributed by atoms with E-state index in [1.165, 1.54) is 5.56 Å². The highest BCUT2D eigenvalue weighted by atomic mass is 127. The predicted molar refractivity (Wildman–Crippen MR) is 68.8 cm³/mol. The third kappa shape index (κ3) is 2.15. The standard InChI is InChI=1S/C11H13IN2O/c1-7-2-3-9(12)10(4-7)14-6-8(13)5-11(14)15/h2-4,8H,5-6,13H2,1H3. The first-order chi connectivity index (χ1) is 7.08. The van der Waals surface area contributed by atoms with Crippen molar-refractivity contribution >= 4 is 34.2 Å². The first kappa shape index (κ1) is 10.9. The molecule has 0 saturated carbocycles. The zero-order chi connectivity index (χ0) is 11.0. The molecule has 0 spiro atoms. The monoisotopic (exact) mass is 316 g/mol. The third-order valence-electron chi connectivity index (χ3n) is 2.55. The van der Waals surface area contributed by atoms with Crippen molar-refractivity contribution in [2.75, 3.05) is 11.4 Å². The first-order valence-corrected chi connectivity index (χ1v) is 5.98. The highest BCUT2D eigenvalue weighted by Gasteiger charge is 2.29. The van der Waals surface area contributed by atoms with Gasteiger partial charge in [-0.15, -0.1) is 0 Å². The van der Waals surface area contributed by atoms with Crippen LogP contribution in [0, 0.1) is 10.5 Å². The van der Waals surface area contributed by atoms with Crippen molar-refractivity contribution < 1.29 is 4.79 Å². The molecular formula is C11H13IN2O. The van der Waals surface area contributed by atoms with Gasteiger partial charge in [0.1, 0.15) is 0 Å². The zero-order valence-corrected chi connectivity index (χ0v) is 10.7. The maximum Gasteiger partial charge on any atom is 0.228 e. The summed E-state index contributed by atoms with van der Waals surface area (Å²) in [6.07, 6.45) is 0.462. The molecule has 1 unspecified atom stereocenters. The lowest BCUT2D eigenvalue weighted by molar-refractivity contribution is -0.117. The molecule has 1 aliphatic heterocycles. The molecule has 15 heavy (non-hydrogen) atoms. The Bertz CT molecular complexity index is 406. The van der Waals surface area contributed by atoms with Crippen molar-refractivity contribution in [1.29, 1.82) is 0 Å². The van der Waals surface area contributed by atoms with Gasteiger partial charge in [0.15, 0.2) is 0 Å². The van der Waals surface area contributed by atoms with Gasteiger partial charge in [0, 0.05) is 22.6 Å². The average Bonchev–Trinajstić information content (AvgIpc) is 2.50. The van der Waals surface area contributed by atoms with Gasteiger partial charge in [0.25, 0.3) is 0 Å². The van der Waals surface area contributed by atoms with Crippen LogP contribution in [0.1, 0.15) is 12.0 Å². The largest absolute Gasteiger partial charge is 0.326 e. The lowest BCUT2D eigenvalue weighted by Crippen LogP contribution is -2.28. The minimum Gasteiger partial charge on any atom is -0.326 e. The highest BCUT2D eigenvalue weighted by Crippen LogP contribution is 2.27. The number of hydrogen-bond acceptors (Lipinski definition) is 2. The van der Waals surface area contributed by atoms with Crippen molar-refractivity contribution in [3.63, 3.8) is 0 Å². The molecule has 1 saturated heterocycles. The summed E-state index contributed by atoms with van der Waals surface area (Å²) in [5.74, 6) is 0.131. The summed E-state index contributed by atoms with van der Waals surface area (Å²) >= 11 is 2.25. The molecule has 3 nitrogen and oxygen atoms in total. The third-order valence-corrected chi connectivity index (χ3v) is 3.46. The van der Waals surface area contributed by atoms with Gasteiger partial charge in [-0.1, -0.05) is 6.07 Å². The fourth-order valence-corrected chi connectivity index (χ4v) is 2.42. The van der Waals surface area contributed by atoms with E-state index in [0.717, 1.165) is 9.26 Å². The number of aryl methyl sites for hydroxylation is 1. The van der Waals surface area contributed by atoms with Gasteiger partial charge in [-0.25, -0.2) is 0 Å². The van der Waals surface area contributed by atoms with Crippen LogP contribution in [-0.2, 0) is 4.79 Å². The quantitative estimate of drug-likeness (QED) is 0.801. The van der Waals surface area contributed by atoms with Crippen molar-refractivity contribution in [3.05, 3.63) is 27.3 Å². The maximum atomic E-state index is 11.7. The van der Waals surface area contributed by atoms with Crippen molar-refractivity contribution in [3.8, 4) is 0 Å². The highest BCUT2D eigenvalue weighted by molar-refractivity contribution is 14.1. The normalized spacial score (nSPS) is 21.1. The Morgan fingerprint density at radius 2 is 2.27 bits per heavy atom. The lowest BCUT2D eigenvalue weighted by Gasteiger charge is -2.18. The summed E-state index contributed by atoms with van der Waals surface area (Å²) in [5.41, 5.74) is 7.94. The molecule has 1 aromatic carbocycles. The summed E-state index contributed by atoms with van der Waals surface area (Å²) in [7, 11) is 0. The van der Waals surface area contributed by atoms with E-state index >= 15 is 0 Å². The van der Waals surface area contributed by atoms with Gasteiger partial charge in [0.2, 0.25) is 5.91 Å². The van der Waals surface area contributed by atoms with E-state index in [1.54, 1.807) is 4.90 Å². The van der Waals surface area contributed by atoms with E-state index in [1.807, 2.05) is 25.1 Å². The van der Waals surface area contributed by atoms with Gasteiger partial charge >= 0.3 is 0 Å². The zero-order valence-electron chi connectivity index (χ0n) is 8.53. The number of nitrogens with two attached hydrogens (primary N) is 1. The van der Waals surface area contributed by atoms with Crippen LogP contribution in [0.3, 0.4) is 0 Å². The van der Waals surface area contributed by atoms with Crippen LogP contribution in [0.5, 0.6) is 0 Å². The fourth-order valence-electron chi connectivity index (χ4n) is 1.80. The van der Waals surface area contributed by atoms with Gasteiger partial charge in [-0.3, -0.25) is 4.79 Å². The van der Waals surface area contributed by atoms with Crippen LogP contribution >= 0.6 is 22.6 Å². The molecular weight excluding hydrogens is 303 g/mol. The topological polar surface area (TPSA) is 46.3 Å². The molecule has 2 rings (SSSR count). The Labute approximate surface area is 103 Å². The van der Waals surface area contributed by atoms with E-state index in [-0.39, 0.29) is 11.9 Å². The molecule has 1 amide bonds. The van der Waals surface area contributed by atoms with Crippen LogP contribution in [0.2, 0.25) is 0 Å². The minimum absolute atomic E-state index is 0.0196. The molecule has 0 aromatic heterocycles. The Balaban J connectivity index is 2.37. The number of carbonyl (C=O) groups excluding carboxylic acids is 1. The molecule has 2 N–H and O–H groups in total. The SMILES string of the molecule is Cc1ccc(I)c(N2CC(N)CC2=O)c1. The van der Waals surface area contributed by atoms with Gasteiger partial charge in [-0.05, 0) is 47.2 Å². The Hall–Kier alpha value is -0.620. The molecule has 1 aromatic rings. The van der Waals surface area contributed by atoms with E-state index in [2.05, 4.69) is 22.6 Å². The Morgan fingerprint density at radius 1 is 1.53 bits per heavy atom. The predicted octanol–water partition coefficient (Wildman–Crippen LogP) is 1.66. The van der Waals surface area contributed by atoms with Crippen LogP contribution in [0.4, 0.5) is 5.69 Å². The summed E-state index contributed by atoms with van der Waals surface area (Å²) in [4.78, 5) is 13.5. The first-order valence-electron chi connectivity index (χ1n) is 4.90. The summed E-state index contributed by atoms with van der Waals surface area (Å²) < 4.78 is 1.10. The molecule has 4 heteroatoms. The second kappa shape index (κ2) is 4.09. The number of benzene rings is 1. The van der Waals surface area contributed by atoms with E-state index in [4.69, 9.17) is 5.73 Å². The number of carbonyl (C=O) groups is 1. The number of halogens is 1. The molecule has 0 radical (unpaired) electrons. The number of nitrogens with zero attached hydrogens (tertiary/aromatic N) is 1. The fraction of sp³-hybridized carbons (Fsp3) is 0.364. The molecule has 0 aliphatic carbocycles. The van der Waals surface area contributed by atoms with Crippen molar-refractivity contribution in [2.24, 2.45) is 5.73 Å². The van der Waals surface area contributed by atoms with Gasteiger partial charge < -0.3 is 10.6 Å². The lowest BCUT2D eigenvalue weighted by atomic mass is 10.2. The molecule has 80 valence electrons. The number of rotatable bonds is 1. The summed E-state index contributed by atoms with van der Waals surface area (Å²) in [5, 5.41) is 0. The minimum atomic E-state index is -0.0196. The van der Waals surface area contributed by atoms with Crippen LogP contribution in [0.15, 0.2) is 18.2 Å². The molecule has 1 heterocycles. The van der Waals surface area contributed by atoms with Crippen LogP contribution in [0.25, 0.3) is 0 Å². The number of amides is 1. The van der Waals surface area contributed by atoms with E-state index in [9.17, 15) is 4.79 Å². The molecule has 1 fully saturated rings. The average molecular weight is 316 g/mol. The Kier molecular flexibility index (Phi) is 2.97. The van der Waals surface area contributed by atoms with Gasteiger partial charge in [0.05, 0.1) is 5.69 Å². The van der Waals surface area contributed by atoms with Gasteiger partial charge in [-0.2, -0.15) is 0 Å². The second-order valence-corrected chi connectivity index (χ2v) is 5.09.